The zero-order valence-electron chi connectivity index (χ0n) is 14.1. The van der Waals surface area contributed by atoms with Gasteiger partial charge in [-0.1, -0.05) is 88.6 Å². The smallest absolute Gasteiger partial charge is 0.303 e. The molecule has 126 valence electrons. The Morgan fingerprint density at radius 2 is 1.41 bits per heavy atom. The predicted octanol–water partition coefficient (Wildman–Crippen LogP) is 5.14. The SMILES string of the molecule is CCCCCCCCCCCC(=O)O.NCc1ccccc1. The minimum atomic E-state index is -0.659. The van der Waals surface area contributed by atoms with Gasteiger partial charge in [0.15, 0.2) is 0 Å². The van der Waals surface area contributed by atoms with Crippen LogP contribution in [0, 0.1) is 0 Å². The molecule has 3 N–H and O–H groups in total. The molecule has 0 radical (unpaired) electrons. The minimum absolute atomic E-state index is 0.343. The summed E-state index contributed by atoms with van der Waals surface area (Å²) in [5, 5.41) is 8.41. The number of benzene rings is 1. The van der Waals surface area contributed by atoms with Crippen LogP contribution in [0.25, 0.3) is 0 Å². The average Bonchev–Trinajstić information content (AvgIpc) is 2.54. The van der Waals surface area contributed by atoms with E-state index in [1.807, 2.05) is 30.3 Å². The summed E-state index contributed by atoms with van der Waals surface area (Å²) in [5.41, 5.74) is 6.54. The van der Waals surface area contributed by atoms with E-state index in [2.05, 4.69) is 6.92 Å². The number of nitrogens with two attached hydrogens (primary N) is 1. The number of rotatable bonds is 11. The van der Waals surface area contributed by atoms with Gasteiger partial charge in [0.2, 0.25) is 0 Å². The first kappa shape index (κ1) is 20.6. The van der Waals surface area contributed by atoms with E-state index >= 15 is 0 Å². The summed E-state index contributed by atoms with van der Waals surface area (Å²) in [6.45, 7) is 2.87. The Labute approximate surface area is 135 Å². The number of carboxylic acid groups (broad SMARTS) is 1. The number of carbonyl (C=O) groups is 1. The van der Waals surface area contributed by atoms with Crippen molar-refractivity contribution < 1.29 is 9.90 Å². The lowest BCUT2D eigenvalue weighted by molar-refractivity contribution is -0.137. The summed E-state index contributed by atoms with van der Waals surface area (Å²) in [4.78, 5) is 10.2. The Bertz CT molecular complexity index is 352. The summed E-state index contributed by atoms with van der Waals surface area (Å²) in [6, 6.07) is 9.99. The van der Waals surface area contributed by atoms with Crippen molar-refractivity contribution in [3.8, 4) is 0 Å². The Kier molecular flexibility index (Phi) is 15.0. The van der Waals surface area contributed by atoms with Crippen molar-refractivity contribution in [3.63, 3.8) is 0 Å². The Morgan fingerprint density at radius 1 is 0.909 bits per heavy atom. The van der Waals surface area contributed by atoms with E-state index in [0.717, 1.165) is 12.8 Å². The molecule has 0 unspecified atom stereocenters. The first-order chi connectivity index (χ1) is 10.7. The van der Waals surface area contributed by atoms with Gasteiger partial charge in [0.05, 0.1) is 0 Å². The van der Waals surface area contributed by atoms with Crippen LogP contribution in [0.3, 0.4) is 0 Å². The number of hydrogen-bond acceptors (Lipinski definition) is 2. The van der Waals surface area contributed by atoms with Crippen molar-refractivity contribution in [1.82, 2.24) is 0 Å². The fourth-order valence-electron chi connectivity index (χ4n) is 2.20. The van der Waals surface area contributed by atoms with Gasteiger partial charge in [-0.3, -0.25) is 4.79 Å². The van der Waals surface area contributed by atoms with Crippen molar-refractivity contribution in [2.24, 2.45) is 5.73 Å². The highest BCUT2D eigenvalue weighted by Gasteiger charge is 1.96. The highest BCUT2D eigenvalue weighted by Crippen LogP contribution is 2.10. The van der Waals surface area contributed by atoms with Crippen LogP contribution in [0.5, 0.6) is 0 Å². The molecule has 0 aliphatic heterocycles. The largest absolute Gasteiger partial charge is 0.481 e. The predicted molar refractivity (Wildman–Crippen MR) is 93.8 cm³/mol. The van der Waals surface area contributed by atoms with Crippen LogP contribution in [0.2, 0.25) is 0 Å². The van der Waals surface area contributed by atoms with Crippen molar-refractivity contribution in [3.05, 3.63) is 35.9 Å². The third kappa shape index (κ3) is 15.0. The number of aliphatic carboxylic acids is 1. The van der Waals surface area contributed by atoms with Crippen molar-refractivity contribution in [1.29, 1.82) is 0 Å². The van der Waals surface area contributed by atoms with Gasteiger partial charge >= 0.3 is 5.97 Å². The summed E-state index contributed by atoms with van der Waals surface area (Å²) >= 11 is 0. The fourth-order valence-corrected chi connectivity index (χ4v) is 2.20. The highest BCUT2D eigenvalue weighted by atomic mass is 16.4. The molecule has 0 atom stereocenters. The third-order valence-corrected chi connectivity index (χ3v) is 3.57. The van der Waals surface area contributed by atoms with E-state index < -0.39 is 5.97 Å². The van der Waals surface area contributed by atoms with Gasteiger partial charge in [-0.25, -0.2) is 0 Å². The van der Waals surface area contributed by atoms with Crippen LogP contribution >= 0.6 is 0 Å². The van der Waals surface area contributed by atoms with E-state index in [4.69, 9.17) is 10.8 Å². The Balaban J connectivity index is 0.000000461. The Hall–Kier alpha value is -1.35. The minimum Gasteiger partial charge on any atom is -0.481 e. The summed E-state index contributed by atoms with van der Waals surface area (Å²) < 4.78 is 0. The topological polar surface area (TPSA) is 63.3 Å². The van der Waals surface area contributed by atoms with Crippen LogP contribution < -0.4 is 5.73 Å². The maximum Gasteiger partial charge on any atom is 0.303 e. The molecule has 0 aromatic heterocycles. The first-order valence-electron chi connectivity index (χ1n) is 8.66. The van der Waals surface area contributed by atoms with E-state index in [0.29, 0.717) is 13.0 Å². The van der Waals surface area contributed by atoms with E-state index in [1.54, 1.807) is 0 Å². The van der Waals surface area contributed by atoms with Gasteiger partial charge in [0, 0.05) is 13.0 Å². The number of hydrogen-bond donors (Lipinski definition) is 2. The molecule has 1 rings (SSSR count). The van der Waals surface area contributed by atoms with E-state index in [9.17, 15) is 4.79 Å². The normalized spacial score (nSPS) is 9.91. The molecule has 3 heteroatoms. The number of carboxylic acids is 1. The second kappa shape index (κ2) is 16.0. The van der Waals surface area contributed by atoms with Gasteiger partial charge in [-0.2, -0.15) is 0 Å². The van der Waals surface area contributed by atoms with Gasteiger partial charge in [0.25, 0.3) is 0 Å². The summed E-state index contributed by atoms with van der Waals surface area (Å²) in [5.74, 6) is -0.659. The second-order valence-corrected chi connectivity index (χ2v) is 5.66. The standard InChI is InChI=1S/C12H24O2.C7H9N/c1-2-3-4-5-6-7-8-9-10-11-12(13)14;8-6-7-4-2-1-3-5-7/h2-11H2,1H3,(H,13,14);1-5H,6,8H2. The first-order valence-corrected chi connectivity index (χ1v) is 8.66. The highest BCUT2D eigenvalue weighted by molar-refractivity contribution is 5.66. The van der Waals surface area contributed by atoms with Crippen LogP contribution in [-0.2, 0) is 11.3 Å². The van der Waals surface area contributed by atoms with E-state index in [-0.39, 0.29) is 0 Å². The Morgan fingerprint density at radius 3 is 1.82 bits per heavy atom. The van der Waals surface area contributed by atoms with Gasteiger partial charge < -0.3 is 10.8 Å². The average molecular weight is 307 g/mol. The fraction of sp³-hybridized carbons (Fsp3) is 0.632. The van der Waals surface area contributed by atoms with Crippen molar-refractivity contribution >= 4 is 5.97 Å². The molecule has 0 amide bonds. The molecular weight excluding hydrogens is 274 g/mol. The van der Waals surface area contributed by atoms with Crippen LogP contribution in [0.15, 0.2) is 30.3 Å². The van der Waals surface area contributed by atoms with Crippen LogP contribution in [0.4, 0.5) is 0 Å². The van der Waals surface area contributed by atoms with E-state index in [1.165, 1.54) is 50.5 Å². The van der Waals surface area contributed by atoms with Gasteiger partial charge in [0.1, 0.15) is 0 Å². The van der Waals surface area contributed by atoms with Gasteiger partial charge in [-0.15, -0.1) is 0 Å². The lowest BCUT2D eigenvalue weighted by Gasteiger charge is -2.00. The summed E-state index contributed by atoms with van der Waals surface area (Å²) in [6.07, 6.45) is 11.5. The van der Waals surface area contributed by atoms with Gasteiger partial charge in [-0.05, 0) is 12.0 Å². The molecule has 1 aromatic carbocycles. The molecular formula is C19H33NO2. The molecule has 0 heterocycles. The monoisotopic (exact) mass is 307 g/mol. The third-order valence-electron chi connectivity index (χ3n) is 3.57. The van der Waals surface area contributed by atoms with Crippen LogP contribution in [0.1, 0.15) is 76.7 Å². The molecule has 0 spiro atoms. The summed E-state index contributed by atoms with van der Waals surface area (Å²) in [7, 11) is 0. The van der Waals surface area contributed by atoms with Crippen molar-refractivity contribution in [2.45, 2.75) is 77.7 Å². The molecule has 0 aliphatic rings. The quantitative estimate of drug-likeness (QED) is 0.556. The molecule has 1 aromatic rings. The molecule has 0 saturated carbocycles. The maximum atomic E-state index is 10.2. The van der Waals surface area contributed by atoms with Crippen molar-refractivity contribution in [2.75, 3.05) is 0 Å². The molecule has 0 saturated heterocycles. The molecule has 3 nitrogen and oxygen atoms in total. The molecule has 0 bridgehead atoms. The molecule has 0 fully saturated rings. The lowest BCUT2D eigenvalue weighted by atomic mass is 10.1. The molecule has 0 aliphatic carbocycles. The maximum absolute atomic E-state index is 10.2. The second-order valence-electron chi connectivity index (χ2n) is 5.66. The lowest BCUT2D eigenvalue weighted by Crippen LogP contribution is -1.94. The van der Waals surface area contributed by atoms with Crippen LogP contribution in [-0.4, -0.2) is 11.1 Å². The zero-order valence-corrected chi connectivity index (χ0v) is 14.1. The number of unbranched alkanes of at least 4 members (excludes halogenated alkanes) is 8. The zero-order chi connectivity index (χ0) is 16.5. The molecule has 22 heavy (non-hydrogen) atoms.